The number of rotatable bonds is 4. The van der Waals surface area contributed by atoms with Gasteiger partial charge >= 0.3 is 0 Å². The predicted octanol–water partition coefficient (Wildman–Crippen LogP) is 1.96. The van der Waals surface area contributed by atoms with Crippen molar-refractivity contribution in [2.45, 2.75) is 51.0 Å². The number of amides is 2. The molecule has 0 saturated carbocycles. The summed E-state index contributed by atoms with van der Waals surface area (Å²) < 4.78 is 27.5. The van der Waals surface area contributed by atoms with E-state index in [1.54, 1.807) is 37.8 Å². The van der Waals surface area contributed by atoms with E-state index in [0.717, 1.165) is 6.42 Å². The van der Waals surface area contributed by atoms with Crippen LogP contribution in [0.4, 0.5) is 5.69 Å². The van der Waals surface area contributed by atoms with Crippen molar-refractivity contribution in [3.8, 4) is 0 Å². The number of benzene rings is 1. The van der Waals surface area contributed by atoms with Crippen LogP contribution in [0, 0.1) is 5.92 Å². The van der Waals surface area contributed by atoms with Crippen molar-refractivity contribution < 1.29 is 18.0 Å². The molecule has 1 aromatic rings. The summed E-state index contributed by atoms with van der Waals surface area (Å²) in [5, 5.41) is 2.78. The largest absolute Gasteiger partial charge is 0.342 e. The molecule has 8 heteroatoms. The SMILES string of the molecule is CC(=O)N1CCC[C@H](C(=O)Nc2cccc(S(=O)(=O)NC(C)(C)C)c2)C1. The van der Waals surface area contributed by atoms with Crippen LogP contribution >= 0.6 is 0 Å². The quantitative estimate of drug-likeness (QED) is 0.833. The Morgan fingerprint density at radius 2 is 1.92 bits per heavy atom. The van der Waals surface area contributed by atoms with Crippen LogP contribution in [0.5, 0.6) is 0 Å². The zero-order chi connectivity index (χ0) is 19.5. The molecular formula is C18H27N3O4S. The number of hydrogen-bond acceptors (Lipinski definition) is 4. The molecule has 0 spiro atoms. The lowest BCUT2D eigenvalue weighted by molar-refractivity contribution is -0.132. The summed E-state index contributed by atoms with van der Waals surface area (Å²) in [4.78, 5) is 25.8. The summed E-state index contributed by atoms with van der Waals surface area (Å²) in [5.74, 6) is -0.529. The van der Waals surface area contributed by atoms with Crippen LogP contribution in [-0.2, 0) is 19.6 Å². The second kappa shape index (κ2) is 7.75. The van der Waals surface area contributed by atoms with Gasteiger partial charge < -0.3 is 10.2 Å². The van der Waals surface area contributed by atoms with Crippen LogP contribution in [0.15, 0.2) is 29.2 Å². The van der Waals surface area contributed by atoms with E-state index in [4.69, 9.17) is 0 Å². The van der Waals surface area contributed by atoms with E-state index < -0.39 is 15.6 Å². The third-order valence-electron chi connectivity index (χ3n) is 4.09. The van der Waals surface area contributed by atoms with Crippen molar-refractivity contribution in [3.63, 3.8) is 0 Å². The van der Waals surface area contributed by atoms with Gasteiger partial charge in [0.1, 0.15) is 0 Å². The molecule has 0 aromatic heterocycles. The van der Waals surface area contributed by atoms with E-state index in [2.05, 4.69) is 10.0 Å². The molecule has 0 bridgehead atoms. The zero-order valence-electron chi connectivity index (χ0n) is 15.7. The van der Waals surface area contributed by atoms with Crippen molar-refractivity contribution >= 4 is 27.5 Å². The van der Waals surface area contributed by atoms with Crippen molar-refractivity contribution in [1.29, 1.82) is 0 Å². The molecule has 1 aliphatic heterocycles. The fraction of sp³-hybridized carbons (Fsp3) is 0.556. The van der Waals surface area contributed by atoms with Crippen molar-refractivity contribution in [2.24, 2.45) is 5.92 Å². The molecule has 26 heavy (non-hydrogen) atoms. The summed E-state index contributed by atoms with van der Waals surface area (Å²) >= 11 is 0. The van der Waals surface area contributed by atoms with Gasteiger partial charge in [-0.25, -0.2) is 13.1 Å². The minimum atomic E-state index is -3.68. The Kier molecular flexibility index (Phi) is 6.08. The fourth-order valence-electron chi connectivity index (χ4n) is 2.92. The zero-order valence-corrected chi connectivity index (χ0v) is 16.5. The van der Waals surface area contributed by atoms with E-state index in [9.17, 15) is 18.0 Å². The maximum absolute atomic E-state index is 12.5. The van der Waals surface area contributed by atoms with E-state index in [1.807, 2.05) is 0 Å². The molecule has 1 atom stereocenters. The molecule has 2 N–H and O–H groups in total. The van der Waals surface area contributed by atoms with Gasteiger partial charge in [-0.15, -0.1) is 0 Å². The normalized spacial score (nSPS) is 18.5. The molecule has 1 aromatic carbocycles. The molecular weight excluding hydrogens is 354 g/mol. The monoisotopic (exact) mass is 381 g/mol. The molecule has 0 aliphatic carbocycles. The van der Waals surface area contributed by atoms with E-state index in [1.165, 1.54) is 19.1 Å². The lowest BCUT2D eigenvalue weighted by Crippen LogP contribution is -2.42. The number of likely N-dealkylation sites (tertiary alicyclic amines) is 1. The fourth-order valence-corrected chi connectivity index (χ4v) is 4.39. The lowest BCUT2D eigenvalue weighted by atomic mass is 9.97. The van der Waals surface area contributed by atoms with Gasteiger partial charge in [0.15, 0.2) is 0 Å². The van der Waals surface area contributed by atoms with Crippen LogP contribution in [0.1, 0.15) is 40.5 Å². The summed E-state index contributed by atoms with van der Waals surface area (Å²) in [6, 6.07) is 6.18. The number of sulfonamides is 1. The second-order valence-corrected chi connectivity index (χ2v) is 9.36. The Morgan fingerprint density at radius 1 is 1.23 bits per heavy atom. The van der Waals surface area contributed by atoms with Gasteiger partial charge in [-0.1, -0.05) is 6.07 Å². The van der Waals surface area contributed by atoms with E-state index in [-0.39, 0.29) is 22.6 Å². The van der Waals surface area contributed by atoms with Gasteiger partial charge in [-0.3, -0.25) is 9.59 Å². The molecule has 1 aliphatic rings. The third-order valence-corrected chi connectivity index (χ3v) is 5.85. The first kappa shape index (κ1) is 20.4. The van der Waals surface area contributed by atoms with Crippen molar-refractivity contribution in [2.75, 3.05) is 18.4 Å². The summed E-state index contributed by atoms with van der Waals surface area (Å²) in [6.45, 7) is 7.85. The average Bonchev–Trinajstić information content (AvgIpc) is 2.53. The number of nitrogens with zero attached hydrogens (tertiary/aromatic N) is 1. The number of carbonyl (C=O) groups excluding carboxylic acids is 2. The maximum atomic E-state index is 12.5. The van der Waals surface area contributed by atoms with Gasteiger partial charge in [-0.05, 0) is 51.8 Å². The van der Waals surface area contributed by atoms with Crippen molar-refractivity contribution in [1.82, 2.24) is 9.62 Å². The van der Waals surface area contributed by atoms with Gasteiger partial charge in [-0.2, -0.15) is 0 Å². The summed E-state index contributed by atoms with van der Waals surface area (Å²) in [6.07, 6.45) is 1.49. The minimum Gasteiger partial charge on any atom is -0.342 e. The molecule has 1 heterocycles. The standard InChI is InChI=1S/C18H27N3O4S/c1-13(22)21-10-6-7-14(12-21)17(23)19-15-8-5-9-16(11-15)26(24,25)20-18(2,3)4/h5,8-9,11,14,20H,6-7,10,12H2,1-4H3,(H,19,23)/t14-/m0/s1. The van der Waals surface area contributed by atoms with Crippen LogP contribution in [-0.4, -0.2) is 43.8 Å². The molecule has 2 rings (SSSR count). The van der Waals surface area contributed by atoms with Gasteiger partial charge in [0.25, 0.3) is 0 Å². The third kappa shape index (κ3) is 5.54. The minimum absolute atomic E-state index is 0.0381. The molecule has 2 amide bonds. The summed E-state index contributed by atoms with van der Waals surface area (Å²) in [7, 11) is -3.68. The topological polar surface area (TPSA) is 95.6 Å². The van der Waals surface area contributed by atoms with Gasteiger partial charge in [0, 0.05) is 31.2 Å². The first-order valence-electron chi connectivity index (χ1n) is 8.68. The van der Waals surface area contributed by atoms with Crippen LogP contribution in [0.25, 0.3) is 0 Å². The Labute approximate surface area is 155 Å². The van der Waals surface area contributed by atoms with Gasteiger partial charge in [0.2, 0.25) is 21.8 Å². The highest BCUT2D eigenvalue weighted by Gasteiger charge is 2.27. The van der Waals surface area contributed by atoms with Crippen molar-refractivity contribution in [3.05, 3.63) is 24.3 Å². The number of anilines is 1. The lowest BCUT2D eigenvalue weighted by Gasteiger charge is -2.31. The van der Waals surface area contributed by atoms with Gasteiger partial charge in [0.05, 0.1) is 10.8 Å². The average molecular weight is 381 g/mol. The molecule has 1 saturated heterocycles. The first-order valence-corrected chi connectivity index (χ1v) is 10.2. The van der Waals surface area contributed by atoms with E-state index in [0.29, 0.717) is 25.2 Å². The Hall–Kier alpha value is -1.93. The summed E-state index contributed by atoms with van der Waals surface area (Å²) in [5.41, 5.74) is -0.178. The Balaban J connectivity index is 2.11. The number of carbonyl (C=O) groups is 2. The molecule has 144 valence electrons. The molecule has 7 nitrogen and oxygen atoms in total. The number of hydrogen-bond donors (Lipinski definition) is 2. The second-order valence-electron chi connectivity index (χ2n) is 7.68. The smallest absolute Gasteiger partial charge is 0.241 e. The number of piperidine rings is 1. The molecule has 1 fully saturated rings. The highest BCUT2D eigenvalue weighted by atomic mass is 32.2. The Morgan fingerprint density at radius 3 is 2.54 bits per heavy atom. The number of nitrogens with one attached hydrogen (secondary N) is 2. The van der Waals surface area contributed by atoms with Crippen LogP contribution in [0.2, 0.25) is 0 Å². The Bertz CT molecular complexity index is 784. The van der Waals surface area contributed by atoms with Crippen LogP contribution < -0.4 is 10.0 Å². The maximum Gasteiger partial charge on any atom is 0.241 e. The highest BCUT2D eigenvalue weighted by molar-refractivity contribution is 7.89. The van der Waals surface area contributed by atoms with Crippen LogP contribution in [0.3, 0.4) is 0 Å². The first-order chi connectivity index (χ1) is 12.0. The highest BCUT2D eigenvalue weighted by Crippen LogP contribution is 2.21. The van der Waals surface area contributed by atoms with E-state index >= 15 is 0 Å². The molecule has 0 radical (unpaired) electrons. The predicted molar refractivity (Wildman–Crippen MR) is 100 cm³/mol. The molecule has 0 unspecified atom stereocenters.